The van der Waals surface area contributed by atoms with Crippen LogP contribution in [-0.4, -0.2) is 30.4 Å². The van der Waals surface area contributed by atoms with E-state index in [-0.39, 0.29) is 6.04 Å². The van der Waals surface area contributed by atoms with Crippen LogP contribution in [-0.2, 0) is 9.13 Å². The summed E-state index contributed by atoms with van der Waals surface area (Å²) in [6, 6.07) is 22.7. The summed E-state index contributed by atoms with van der Waals surface area (Å²) < 4.78 is 38.4. The van der Waals surface area contributed by atoms with Crippen LogP contribution in [0.5, 0.6) is 0 Å². The fourth-order valence-corrected chi connectivity index (χ4v) is 16.8. The van der Waals surface area contributed by atoms with E-state index in [9.17, 15) is 0 Å². The molecule has 0 aliphatic heterocycles. The Labute approximate surface area is 268 Å². The Morgan fingerprint density at radius 2 is 0.773 bits per heavy atom. The number of fused-ring (bicyclic) bond motifs is 4. The summed E-state index contributed by atoms with van der Waals surface area (Å²) in [5, 5.41) is 2.46. The molecule has 0 saturated carbocycles. The van der Waals surface area contributed by atoms with Crippen molar-refractivity contribution < 1.29 is 9.13 Å². The SMILES string of the molecule is CC(C)N(P(=O)(c1ccc2ncsc2c1)c1ccc2ncsc2c1)P(=O)(c1ccc2ncsc2c1)c1ccc2ncsc2c1. The van der Waals surface area contributed by atoms with Gasteiger partial charge in [-0.1, -0.05) is 0 Å². The van der Waals surface area contributed by atoms with Gasteiger partial charge in [-0.2, -0.15) is 4.44 Å². The molecule has 0 aliphatic carbocycles. The Morgan fingerprint density at radius 1 is 0.500 bits per heavy atom. The van der Waals surface area contributed by atoms with Gasteiger partial charge in [-0.3, -0.25) is 9.13 Å². The zero-order chi connectivity index (χ0) is 30.1. The molecule has 0 aliphatic rings. The monoisotopic (exact) mass is 687 g/mol. The van der Waals surface area contributed by atoms with Gasteiger partial charge in [-0.25, -0.2) is 19.9 Å². The molecule has 0 bridgehead atoms. The lowest BCUT2D eigenvalue weighted by molar-refractivity contribution is 0.475. The van der Waals surface area contributed by atoms with Gasteiger partial charge in [-0.15, -0.1) is 45.3 Å². The lowest BCUT2D eigenvalue weighted by Gasteiger charge is -2.41. The van der Waals surface area contributed by atoms with Crippen LogP contribution in [0.2, 0.25) is 0 Å². The predicted molar refractivity (Wildman–Crippen MR) is 189 cm³/mol. The topological polar surface area (TPSA) is 88.9 Å². The van der Waals surface area contributed by atoms with Crippen molar-refractivity contribution in [1.82, 2.24) is 24.4 Å². The van der Waals surface area contributed by atoms with E-state index in [1.165, 1.54) is 45.3 Å². The Bertz CT molecular complexity index is 2120. The first-order valence-corrected chi connectivity index (χ1v) is 20.5. The summed E-state index contributed by atoms with van der Waals surface area (Å²) >= 11 is 6.01. The first kappa shape index (κ1) is 28.3. The zero-order valence-corrected chi connectivity index (χ0v) is 28.4. The van der Waals surface area contributed by atoms with Crippen molar-refractivity contribution in [2.45, 2.75) is 19.9 Å². The van der Waals surface area contributed by atoms with Crippen molar-refractivity contribution >= 4 is 122 Å². The van der Waals surface area contributed by atoms with Crippen molar-refractivity contribution in [1.29, 1.82) is 0 Å². The molecule has 4 aromatic carbocycles. The third kappa shape index (κ3) is 4.37. The highest BCUT2D eigenvalue weighted by Gasteiger charge is 2.49. The fourth-order valence-electron chi connectivity index (χ4n) is 5.73. The van der Waals surface area contributed by atoms with Crippen LogP contribution in [0, 0.1) is 0 Å². The third-order valence-corrected chi connectivity index (χ3v) is 18.4. The predicted octanol–water partition coefficient (Wildman–Crippen LogP) is 7.99. The summed E-state index contributed by atoms with van der Waals surface area (Å²) in [5.74, 6) is 0. The van der Waals surface area contributed by atoms with Crippen LogP contribution in [0.25, 0.3) is 40.9 Å². The molecule has 13 heteroatoms. The van der Waals surface area contributed by atoms with Crippen molar-refractivity contribution in [3.05, 3.63) is 94.8 Å². The van der Waals surface area contributed by atoms with E-state index in [0.29, 0.717) is 21.2 Å². The van der Waals surface area contributed by atoms with E-state index < -0.39 is 14.6 Å². The van der Waals surface area contributed by atoms with Crippen LogP contribution in [0.4, 0.5) is 0 Å². The molecule has 0 spiro atoms. The van der Waals surface area contributed by atoms with Crippen molar-refractivity contribution in [2.75, 3.05) is 0 Å². The lowest BCUT2D eigenvalue weighted by atomic mass is 10.3. The summed E-state index contributed by atoms with van der Waals surface area (Å²) in [7, 11) is -7.58. The van der Waals surface area contributed by atoms with Crippen molar-refractivity contribution in [3.8, 4) is 0 Å². The number of rotatable bonds is 7. The van der Waals surface area contributed by atoms with Crippen molar-refractivity contribution in [3.63, 3.8) is 0 Å². The lowest BCUT2D eigenvalue weighted by Crippen LogP contribution is -2.40. The van der Waals surface area contributed by atoms with E-state index in [0.717, 1.165) is 40.9 Å². The number of nitrogens with zero attached hydrogens (tertiary/aromatic N) is 5. The molecular weight excluding hydrogens is 665 g/mol. The van der Waals surface area contributed by atoms with Gasteiger partial charge in [0.2, 0.25) is 14.6 Å². The van der Waals surface area contributed by atoms with Gasteiger partial charge in [0.15, 0.2) is 0 Å². The van der Waals surface area contributed by atoms with Gasteiger partial charge in [0.1, 0.15) is 0 Å². The minimum atomic E-state index is -3.79. The molecule has 7 nitrogen and oxygen atoms in total. The molecule has 0 fully saturated rings. The van der Waals surface area contributed by atoms with Crippen LogP contribution in [0.15, 0.2) is 94.8 Å². The first-order valence-electron chi connectivity index (χ1n) is 13.7. The molecule has 8 rings (SSSR count). The first-order chi connectivity index (χ1) is 21.4. The second-order valence-electron chi connectivity index (χ2n) is 10.6. The van der Waals surface area contributed by atoms with Gasteiger partial charge < -0.3 is 0 Å². The minimum Gasteiger partial charge on any atom is -0.296 e. The number of benzene rings is 4. The summed E-state index contributed by atoms with van der Waals surface area (Å²) in [6.45, 7) is 3.96. The molecular formula is C31H23N5O2P2S4. The third-order valence-electron chi connectivity index (χ3n) is 7.70. The fraction of sp³-hybridized carbons (Fsp3) is 0.0968. The molecule has 218 valence electrons. The molecule has 0 N–H and O–H groups in total. The Kier molecular flexibility index (Phi) is 6.92. The van der Waals surface area contributed by atoms with Gasteiger partial charge in [-0.05, 0) is 86.6 Å². The van der Waals surface area contributed by atoms with E-state index >= 15 is 9.13 Å². The van der Waals surface area contributed by atoms with Gasteiger partial charge in [0.05, 0.1) is 62.9 Å². The quantitative estimate of drug-likeness (QED) is 0.157. The smallest absolute Gasteiger partial charge is 0.213 e. The maximum absolute atomic E-state index is 16.4. The molecule has 4 aromatic heterocycles. The molecule has 4 heterocycles. The van der Waals surface area contributed by atoms with E-state index in [2.05, 4.69) is 19.9 Å². The summed E-state index contributed by atoms with van der Waals surface area (Å²) in [6.07, 6.45) is 0. The number of aromatic nitrogens is 4. The normalized spacial score (nSPS) is 12.9. The standard InChI is InChI=1S/C31H23N5O2P2S4/c1-19(2)36(39(37,20-3-7-24-28(11-20)41-15-32-24)21-4-8-25-29(12-21)42-16-33-25)40(38,22-5-9-26-30(13-22)43-17-34-26)23-6-10-27-31(14-23)44-18-35-27/h3-19H,1-2H3. The van der Waals surface area contributed by atoms with Crippen LogP contribution in [0.1, 0.15) is 13.8 Å². The molecule has 44 heavy (non-hydrogen) atoms. The number of thiazole rings is 4. The van der Waals surface area contributed by atoms with Gasteiger partial charge in [0, 0.05) is 27.3 Å². The summed E-state index contributed by atoms with van der Waals surface area (Å²) in [4.78, 5) is 17.9. The Morgan fingerprint density at radius 3 is 1.02 bits per heavy atom. The molecule has 8 aromatic rings. The molecule has 0 saturated heterocycles. The Hall–Kier alpha value is -3.14. The maximum atomic E-state index is 16.4. The van der Waals surface area contributed by atoms with E-state index in [1.807, 2.05) is 91.1 Å². The highest BCUT2D eigenvalue weighted by molar-refractivity contribution is 7.90. The zero-order valence-electron chi connectivity index (χ0n) is 23.4. The molecule has 0 unspecified atom stereocenters. The van der Waals surface area contributed by atoms with Gasteiger partial charge in [0.25, 0.3) is 0 Å². The number of hydrogen-bond acceptors (Lipinski definition) is 10. The molecule has 0 amide bonds. The second-order valence-corrected chi connectivity index (χ2v) is 19.7. The van der Waals surface area contributed by atoms with Crippen molar-refractivity contribution in [2.24, 2.45) is 0 Å². The average molecular weight is 688 g/mol. The largest absolute Gasteiger partial charge is 0.296 e. The van der Waals surface area contributed by atoms with E-state index in [1.54, 1.807) is 22.0 Å². The van der Waals surface area contributed by atoms with Gasteiger partial charge >= 0.3 is 0 Å². The Balaban J connectivity index is 1.47. The highest BCUT2D eigenvalue weighted by atomic mass is 32.1. The second kappa shape index (κ2) is 10.7. The highest BCUT2D eigenvalue weighted by Crippen LogP contribution is 2.66. The van der Waals surface area contributed by atoms with Crippen LogP contribution >= 0.6 is 59.9 Å². The average Bonchev–Trinajstić information content (AvgIpc) is 3.85. The summed E-state index contributed by atoms with van der Waals surface area (Å²) in [5.41, 5.74) is 10.5. The minimum absolute atomic E-state index is 0.379. The van der Waals surface area contributed by atoms with Crippen LogP contribution < -0.4 is 21.2 Å². The van der Waals surface area contributed by atoms with E-state index in [4.69, 9.17) is 0 Å². The number of hydrogen-bond donors (Lipinski definition) is 0. The van der Waals surface area contributed by atoms with Crippen LogP contribution in [0.3, 0.4) is 0 Å². The molecule has 0 radical (unpaired) electrons. The molecule has 0 atom stereocenters. The maximum Gasteiger partial charge on any atom is 0.213 e.